The Morgan fingerprint density at radius 3 is 2.00 bits per heavy atom. The summed E-state index contributed by atoms with van der Waals surface area (Å²) in [5.41, 5.74) is 2.70. The van der Waals surface area contributed by atoms with E-state index in [-0.39, 0.29) is 28.7 Å². The molecule has 0 spiro atoms. The lowest BCUT2D eigenvalue weighted by Gasteiger charge is -2.26. The third-order valence-electron chi connectivity index (χ3n) is 6.44. The largest absolute Gasteiger partial charge is 0.379 e. The molecule has 0 atom stereocenters. The summed E-state index contributed by atoms with van der Waals surface area (Å²) in [4.78, 5) is 12.8. The Morgan fingerprint density at radius 1 is 0.744 bits per heavy atom. The van der Waals surface area contributed by atoms with Gasteiger partial charge in [-0.15, -0.1) is 0 Å². The Balaban J connectivity index is 1.21. The van der Waals surface area contributed by atoms with Crippen molar-refractivity contribution in [2.24, 2.45) is 0 Å². The van der Waals surface area contributed by atoms with E-state index in [1.807, 2.05) is 30.3 Å². The van der Waals surface area contributed by atoms with Crippen LogP contribution in [0.1, 0.15) is 23.1 Å². The predicted octanol–water partition coefficient (Wildman–Crippen LogP) is 2.48. The zero-order valence-corrected chi connectivity index (χ0v) is 23.2. The number of aryl methyl sites for hydroxylation is 1. The van der Waals surface area contributed by atoms with Gasteiger partial charge in [-0.05, 0) is 53.8 Å². The number of nitrogens with zero attached hydrogens (tertiary/aromatic N) is 1. The Hall–Kier alpha value is -3.09. The standard InChI is InChI=1S/C28H33N3O6S2/c32-28(29-22-25-8-13-27(14-9-25)39(35,36)31-18-20-37-21-19-31)15-10-24-6-11-26(12-7-24)38(33,34)30-17-16-23-4-2-1-3-5-23/h1-9,11-14,30H,10,15-22H2,(H,29,32). The molecule has 0 bridgehead atoms. The second kappa shape index (κ2) is 13.3. The summed E-state index contributed by atoms with van der Waals surface area (Å²) in [7, 11) is -7.17. The van der Waals surface area contributed by atoms with Crippen molar-refractivity contribution in [2.75, 3.05) is 32.8 Å². The van der Waals surface area contributed by atoms with Crippen molar-refractivity contribution in [3.63, 3.8) is 0 Å². The second-order valence-corrected chi connectivity index (χ2v) is 12.9. The first-order valence-electron chi connectivity index (χ1n) is 12.8. The lowest BCUT2D eigenvalue weighted by Crippen LogP contribution is -2.40. The Labute approximate surface area is 230 Å². The Kier molecular flexibility index (Phi) is 9.87. The zero-order valence-electron chi connectivity index (χ0n) is 21.6. The van der Waals surface area contributed by atoms with Crippen molar-refractivity contribution in [2.45, 2.75) is 35.6 Å². The van der Waals surface area contributed by atoms with Gasteiger partial charge in [0.05, 0.1) is 23.0 Å². The summed E-state index contributed by atoms with van der Waals surface area (Å²) in [6, 6.07) is 22.7. The van der Waals surface area contributed by atoms with E-state index >= 15 is 0 Å². The summed E-state index contributed by atoms with van der Waals surface area (Å²) in [6.07, 6.45) is 1.31. The maximum atomic E-state index is 12.7. The molecular weight excluding hydrogens is 538 g/mol. The van der Waals surface area contributed by atoms with E-state index in [1.165, 1.54) is 4.31 Å². The van der Waals surface area contributed by atoms with Gasteiger partial charge in [-0.3, -0.25) is 4.79 Å². The van der Waals surface area contributed by atoms with E-state index in [2.05, 4.69) is 10.0 Å². The average Bonchev–Trinajstić information content (AvgIpc) is 2.96. The Bertz CT molecular complexity index is 1440. The third-order valence-corrected chi connectivity index (χ3v) is 9.83. The number of nitrogens with one attached hydrogen (secondary N) is 2. The minimum Gasteiger partial charge on any atom is -0.379 e. The van der Waals surface area contributed by atoms with Crippen molar-refractivity contribution in [1.29, 1.82) is 0 Å². The van der Waals surface area contributed by atoms with E-state index in [9.17, 15) is 21.6 Å². The molecule has 0 unspecified atom stereocenters. The highest BCUT2D eigenvalue weighted by Crippen LogP contribution is 2.18. The SMILES string of the molecule is O=C(CCc1ccc(S(=O)(=O)NCCc2ccccc2)cc1)NCc1ccc(S(=O)(=O)N2CCOCC2)cc1. The predicted molar refractivity (Wildman–Crippen MR) is 148 cm³/mol. The fourth-order valence-corrected chi connectivity index (χ4v) is 6.60. The van der Waals surface area contributed by atoms with Crippen LogP contribution in [0.2, 0.25) is 0 Å². The summed E-state index contributed by atoms with van der Waals surface area (Å²) in [5.74, 6) is -0.153. The molecule has 3 aromatic carbocycles. The van der Waals surface area contributed by atoms with Gasteiger partial charge < -0.3 is 10.1 Å². The van der Waals surface area contributed by atoms with Crippen LogP contribution in [0.5, 0.6) is 0 Å². The van der Waals surface area contributed by atoms with E-state index in [1.54, 1.807) is 48.5 Å². The molecule has 0 radical (unpaired) electrons. The number of hydrogen-bond acceptors (Lipinski definition) is 6. The molecule has 1 heterocycles. The maximum absolute atomic E-state index is 12.7. The second-order valence-electron chi connectivity index (χ2n) is 9.21. The molecule has 3 aromatic rings. The molecule has 9 nitrogen and oxygen atoms in total. The molecule has 1 aliphatic rings. The number of amides is 1. The van der Waals surface area contributed by atoms with Gasteiger partial charge in [-0.25, -0.2) is 21.6 Å². The van der Waals surface area contributed by atoms with E-state index in [0.29, 0.717) is 45.7 Å². The van der Waals surface area contributed by atoms with Crippen LogP contribution < -0.4 is 10.0 Å². The molecule has 1 fully saturated rings. The van der Waals surface area contributed by atoms with E-state index in [4.69, 9.17) is 4.74 Å². The first-order chi connectivity index (χ1) is 18.7. The molecule has 4 rings (SSSR count). The molecule has 0 aromatic heterocycles. The lowest BCUT2D eigenvalue weighted by molar-refractivity contribution is -0.121. The van der Waals surface area contributed by atoms with Crippen LogP contribution in [-0.2, 0) is 49.0 Å². The van der Waals surface area contributed by atoms with Crippen LogP contribution in [0, 0.1) is 0 Å². The summed E-state index contributed by atoms with van der Waals surface area (Å²) in [6.45, 7) is 2.04. The number of rotatable bonds is 12. The first kappa shape index (κ1) is 28.9. The lowest BCUT2D eigenvalue weighted by atomic mass is 10.1. The molecule has 11 heteroatoms. The normalized spacial score (nSPS) is 14.7. The van der Waals surface area contributed by atoms with E-state index in [0.717, 1.165) is 16.7 Å². The zero-order chi connectivity index (χ0) is 27.7. The number of ether oxygens (including phenoxy) is 1. The van der Waals surface area contributed by atoms with Crippen LogP contribution in [0.3, 0.4) is 0 Å². The fraction of sp³-hybridized carbons (Fsp3) is 0.321. The van der Waals surface area contributed by atoms with E-state index < -0.39 is 20.0 Å². The highest BCUT2D eigenvalue weighted by atomic mass is 32.2. The number of benzene rings is 3. The minimum absolute atomic E-state index is 0.153. The summed E-state index contributed by atoms with van der Waals surface area (Å²) >= 11 is 0. The van der Waals surface area contributed by atoms with Gasteiger partial charge in [-0.1, -0.05) is 54.6 Å². The summed E-state index contributed by atoms with van der Waals surface area (Å²) in [5, 5.41) is 2.84. The molecular formula is C28H33N3O6S2. The quantitative estimate of drug-likeness (QED) is 0.345. The van der Waals surface area contributed by atoms with Crippen LogP contribution in [0.25, 0.3) is 0 Å². The van der Waals surface area contributed by atoms with Gasteiger partial charge in [0.2, 0.25) is 26.0 Å². The van der Waals surface area contributed by atoms with Crippen LogP contribution in [0.15, 0.2) is 88.7 Å². The Morgan fingerprint density at radius 2 is 1.33 bits per heavy atom. The topological polar surface area (TPSA) is 122 Å². The number of morpholine rings is 1. The molecule has 2 N–H and O–H groups in total. The number of carbonyl (C=O) groups excluding carboxylic acids is 1. The minimum atomic E-state index is -3.61. The van der Waals surface area contributed by atoms with Gasteiger partial charge in [0.15, 0.2) is 0 Å². The van der Waals surface area contributed by atoms with Gasteiger partial charge in [0.25, 0.3) is 0 Å². The molecule has 0 aliphatic carbocycles. The first-order valence-corrected chi connectivity index (χ1v) is 15.7. The molecule has 208 valence electrons. The van der Waals surface area contributed by atoms with Crippen molar-refractivity contribution in [3.05, 3.63) is 95.6 Å². The smallest absolute Gasteiger partial charge is 0.243 e. The van der Waals surface area contributed by atoms with Crippen molar-refractivity contribution >= 4 is 26.0 Å². The van der Waals surface area contributed by atoms with Gasteiger partial charge in [0, 0.05) is 32.6 Å². The van der Waals surface area contributed by atoms with Crippen LogP contribution in [0.4, 0.5) is 0 Å². The highest BCUT2D eigenvalue weighted by Gasteiger charge is 2.26. The molecule has 1 saturated heterocycles. The van der Waals surface area contributed by atoms with Crippen LogP contribution in [-0.4, -0.2) is 59.9 Å². The molecule has 0 saturated carbocycles. The molecule has 39 heavy (non-hydrogen) atoms. The van der Waals surface area contributed by atoms with Gasteiger partial charge in [-0.2, -0.15) is 4.31 Å². The maximum Gasteiger partial charge on any atom is 0.243 e. The number of sulfonamides is 2. The van der Waals surface area contributed by atoms with Gasteiger partial charge in [0.1, 0.15) is 0 Å². The number of hydrogen-bond donors (Lipinski definition) is 2. The summed E-state index contributed by atoms with van der Waals surface area (Å²) < 4.78 is 59.8. The monoisotopic (exact) mass is 571 g/mol. The van der Waals surface area contributed by atoms with Crippen LogP contribution >= 0.6 is 0 Å². The van der Waals surface area contributed by atoms with Gasteiger partial charge >= 0.3 is 0 Å². The average molecular weight is 572 g/mol. The molecule has 1 amide bonds. The van der Waals surface area contributed by atoms with Crippen molar-refractivity contribution in [1.82, 2.24) is 14.3 Å². The van der Waals surface area contributed by atoms with Crippen molar-refractivity contribution < 1.29 is 26.4 Å². The molecule has 1 aliphatic heterocycles. The fourth-order valence-electron chi connectivity index (χ4n) is 4.16. The van der Waals surface area contributed by atoms with Crippen molar-refractivity contribution in [3.8, 4) is 0 Å². The number of carbonyl (C=O) groups is 1. The third kappa shape index (κ3) is 8.20. The highest BCUT2D eigenvalue weighted by molar-refractivity contribution is 7.89.